The summed E-state index contributed by atoms with van der Waals surface area (Å²) in [5.41, 5.74) is 1.54. The summed E-state index contributed by atoms with van der Waals surface area (Å²) in [5.74, 6) is 0.139. The molecule has 2 heterocycles. The highest BCUT2D eigenvalue weighted by Gasteiger charge is 2.10. The molecule has 1 amide bonds. The molecular formula is C19H19N3O4S. The number of carboxylic acid groups (broad SMARTS) is 1. The van der Waals surface area contributed by atoms with Crippen molar-refractivity contribution in [3.8, 4) is 10.7 Å². The molecule has 2 aromatic heterocycles. The fourth-order valence-corrected chi connectivity index (χ4v) is 3.19. The third-order valence-corrected chi connectivity index (χ3v) is 4.71. The van der Waals surface area contributed by atoms with Crippen LogP contribution < -0.4 is 5.32 Å². The van der Waals surface area contributed by atoms with Crippen LogP contribution in [0.25, 0.3) is 10.7 Å². The molecule has 0 spiro atoms. The Kier molecular flexibility index (Phi) is 6.32. The van der Waals surface area contributed by atoms with E-state index in [1.54, 1.807) is 29.5 Å². The minimum absolute atomic E-state index is 0.0645. The van der Waals surface area contributed by atoms with Gasteiger partial charge >= 0.3 is 5.97 Å². The Morgan fingerprint density at radius 2 is 2.04 bits per heavy atom. The lowest BCUT2D eigenvalue weighted by Gasteiger charge is -2.06. The van der Waals surface area contributed by atoms with Crippen LogP contribution in [-0.2, 0) is 22.4 Å². The van der Waals surface area contributed by atoms with Gasteiger partial charge in [0.05, 0.1) is 4.88 Å². The average Bonchev–Trinajstić information content (AvgIpc) is 3.32. The molecule has 0 aliphatic heterocycles. The van der Waals surface area contributed by atoms with Gasteiger partial charge in [0.1, 0.15) is 0 Å². The Balaban J connectivity index is 1.45. The number of anilines is 1. The van der Waals surface area contributed by atoms with Gasteiger partial charge in [0.15, 0.2) is 0 Å². The van der Waals surface area contributed by atoms with Crippen LogP contribution in [0.5, 0.6) is 0 Å². The maximum atomic E-state index is 12.1. The first-order valence-electron chi connectivity index (χ1n) is 8.57. The van der Waals surface area contributed by atoms with Crippen LogP contribution in [0.15, 0.2) is 46.3 Å². The Morgan fingerprint density at radius 3 is 2.81 bits per heavy atom. The van der Waals surface area contributed by atoms with Crippen molar-refractivity contribution in [2.45, 2.75) is 32.1 Å². The summed E-state index contributed by atoms with van der Waals surface area (Å²) in [6.07, 6.45) is 1.95. The number of aryl methyl sites for hydroxylation is 2. The average molecular weight is 385 g/mol. The Labute approximate surface area is 160 Å². The molecule has 0 bridgehead atoms. The molecule has 27 heavy (non-hydrogen) atoms. The van der Waals surface area contributed by atoms with Gasteiger partial charge in [-0.15, -0.1) is 11.3 Å². The summed E-state index contributed by atoms with van der Waals surface area (Å²) in [4.78, 5) is 28.0. The molecule has 0 unspecified atom stereocenters. The Hall–Kier alpha value is -3.00. The van der Waals surface area contributed by atoms with Gasteiger partial charge in [-0.2, -0.15) is 4.98 Å². The molecule has 0 saturated carbocycles. The number of carbonyl (C=O) groups is 2. The first kappa shape index (κ1) is 18.8. The van der Waals surface area contributed by atoms with Gasteiger partial charge < -0.3 is 14.9 Å². The Morgan fingerprint density at radius 1 is 1.15 bits per heavy atom. The quantitative estimate of drug-likeness (QED) is 0.581. The molecule has 0 saturated heterocycles. The van der Waals surface area contributed by atoms with Gasteiger partial charge in [0.2, 0.25) is 17.6 Å². The molecule has 0 aliphatic carbocycles. The zero-order chi connectivity index (χ0) is 19.1. The van der Waals surface area contributed by atoms with Crippen molar-refractivity contribution >= 4 is 28.9 Å². The second-order valence-electron chi connectivity index (χ2n) is 5.98. The van der Waals surface area contributed by atoms with Crippen LogP contribution in [0, 0.1) is 0 Å². The van der Waals surface area contributed by atoms with Crippen LogP contribution >= 0.6 is 11.3 Å². The summed E-state index contributed by atoms with van der Waals surface area (Å²) in [6, 6.07) is 11.1. The van der Waals surface area contributed by atoms with E-state index < -0.39 is 5.97 Å². The normalized spacial score (nSPS) is 10.7. The molecule has 3 aromatic rings. The summed E-state index contributed by atoms with van der Waals surface area (Å²) in [6.45, 7) is 0. The minimum Gasteiger partial charge on any atom is -0.481 e. The number of hydrogen-bond donors (Lipinski definition) is 2. The second-order valence-corrected chi connectivity index (χ2v) is 6.93. The molecule has 3 rings (SSSR count). The van der Waals surface area contributed by atoms with E-state index in [2.05, 4.69) is 15.5 Å². The van der Waals surface area contributed by atoms with Gasteiger partial charge in [0.25, 0.3) is 0 Å². The summed E-state index contributed by atoms with van der Waals surface area (Å²) in [5, 5.41) is 17.5. The van der Waals surface area contributed by atoms with Crippen LogP contribution in [0.4, 0.5) is 5.69 Å². The molecule has 1 aromatic carbocycles. The number of benzene rings is 1. The number of nitrogens with one attached hydrogen (secondary N) is 1. The van der Waals surface area contributed by atoms with Crippen LogP contribution in [0.1, 0.15) is 30.7 Å². The standard InChI is InChI=1S/C19H19N3O4S/c23-16(20-14-5-1-4-13(12-14)9-10-18(24)25)7-2-8-17-21-19(22-26-17)15-6-3-11-27-15/h1,3-6,11-12H,2,7-10H2,(H,20,23)(H,24,25). The lowest BCUT2D eigenvalue weighted by Crippen LogP contribution is -2.11. The predicted octanol–water partition coefficient (Wildman–Crippen LogP) is 3.78. The largest absolute Gasteiger partial charge is 0.481 e. The zero-order valence-corrected chi connectivity index (χ0v) is 15.4. The number of aliphatic carboxylic acids is 1. The number of aromatic nitrogens is 2. The molecule has 140 valence electrons. The zero-order valence-electron chi connectivity index (χ0n) is 14.6. The van der Waals surface area contributed by atoms with Gasteiger partial charge in [-0.1, -0.05) is 23.4 Å². The SMILES string of the molecule is O=C(O)CCc1cccc(NC(=O)CCCc2nc(-c3cccs3)no2)c1. The smallest absolute Gasteiger partial charge is 0.303 e. The lowest BCUT2D eigenvalue weighted by molar-refractivity contribution is -0.137. The summed E-state index contributed by atoms with van der Waals surface area (Å²) in [7, 11) is 0. The summed E-state index contributed by atoms with van der Waals surface area (Å²) >= 11 is 1.54. The molecule has 2 N–H and O–H groups in total. The van der Waals surface area contributed by atoms with E-state index in [4.69, 9.17) is 9.63 Å². The van der Waals surface area contributed by atoms with Crippen LogP contribution in [-0.4, -0.2) is 27.1 Å². The van der Waals surface area contributed by atoms with E-state index in [9.17, 15) is 9.59 Å². The molecule has 0 aliphatic rings. The number of carboxylic acids is 1. The number of carbonyl (C=O) groups excluding carboxylic acids is 1. The van der Waals surface area contributed by atoms with Gasteiger partial charge in [-0.25, -0.2) is 0 Å². The number of rotatable bonds is 9. The Bertz CT molecular complexity index is 905. The third-order valence-electron chi connectivity index (χ3n) is 3.84. The molecule has 0 atom stereocenters. The first-order chi connectivity index (χ1) is 13.1. The molecule has 7 nitrogen and oxygen atoms in total. The maximum Gasteiger partial charge on any atom is 0.303 e. The van der Waals surface area contributed by atoms with Crippen molar-refractivity contribution in [1.29, 1.82) is 0 Å². The van der Waals surface area contributed by atoms with Crippen molar-refractivity contribution in [1.82, 2.24) is 10.1 Å². The van der Waals surface area contributed by atoms with Crippen molar-refractivity contribution in [2.24, 2.45) is 0 Å². The van der Waals surface area contributed by atoms with Crippen LogP contribution in [0.3, 0.4) is 0 Å². The third kappa shape index (κ3) is 5.75. The van der Waals surface area contributed by atoms with Gasteiger partial charge in [0, 0.05) is 24.9 Å². The molecule has 8 heteroatoms. The molecular weight excluding hydrogens is 366 g/mol. The second kappa shape index (κ2) is 9.09. The van der Waals surface area contributed by atoms with Crippen molar-refractivity contribution in [2.75, 3.05) is 5.32 Å². The van der Waals surface area contributed by atoms with Gasteiger partial charge in [-0.05, 0) is 42.0 Å². The van der Waals surface area contributed by atoms with E-state index in [0.29, 0.717) is 43.1 Å². The van der Waals surface area contributed by atoms with E-state index in [-0.39, 0.29) is 12.3 Å². The topological polar surface area (TPSA) is 105 Å². The van der Waals surface area contributed by atoms with E-state index in [1.165, 1.54) is 0 Å². The number of amides is 1. The highest BCUT2D eigenvalue weighted by molar-refractivity contribution is 7.13. The number of hydrogen-bond acceptors (Lipinski definition) is 6. The highest BCUT2D eigenvalue weighted by atomic mass is 32.1. The monoisotopic (exact) mass is 385 g/mol. The van der Waals surface area contributed by atoms with E-state index >= 15 is 0 Å². The van der Waals surface area contributed by atoms with Crippen LogP contribution in [0.2, 0.25) is 0 Å². The first-order valence-corrected chi connectivity index (χ1v) is 9.45. The fraction of sp³-hybridized carbons (Fsp3) is 0.263. The lowest BCUT2D eigenvalue weighted by atomic mass is 10.1. The minimum atomic E-state index is -0.840. The van der Waals surface area contributed by atoms with E-state index in [0.717, 1.165) is 10.4 Å². The van der Waals surface area contributed by atoms with Crippen molar-refractivity contribution in [3.05, 3.63) is 53.2 Å². The maximum absolute atomic E-state index is 12.1. The molecule has 0 fully saturated rings. The van der Waals surface area contributed by atoms with Gasteiger partial charge in [-0.3, -0.25) is 9.59 Å². The number of nitrogens with zero attached hydrogens (tertiary/aromatic N) is 2. The fourth-order valence-electron chi connectivity index (χ4n) is 2.54. The summed E-state index contributed by atoms with van der Waals surface area (Å²) < 4.78 is 5.22. The van der Waals surface area contributed by atoms with Crippen molar-refractivity contribution < 1.29 is 19.2 Å². The predicted molar refractivity (Wildman–Crippen MR) is 102 cm³/mol. The van der Waals surface area contributed by atoms with E-state index in [1.807, 2.05) is 23.6 Å². The molecule has 0 radical (unpaired) electrons. The highest BCUT2D eigenvalue weighted by Crippen LogP contribution is 2.21. The van der Waals surface area contributed by atoms with Crippen molar-refractivity contribution in [3.63, 3.8) is 0 Å². The number of thiophene rings is 1.